The number of rotatable bonds is 9. The summed E-state index contributed by atoms with van der Waals surface area (Å²) >= 11 is 0. The van der Waals surface area contributed by atoms with E-state index in [2.05, 4.69) is 10.6 Å². The maximum absolute atomic E-state index is 12.1. The Hall–Kier alpha value is -2.12. The van der Waals surface area contributed by atoms with E-state index in [4.69, 9.17) is 10.8 Å². The molecule has 3 amide bonds. The molecule has 0 aliphatic rings. The van der Waals surface area contributed by atoms with Crippen LogP contribution in [0.5, 0.6) is 0 Å². The fraction of sp³-hybridized carbons (Fsp3) is 0.714. The number of nitrogens with two attached hydrogens (primary N) is 1. The summed E-state index contributed by atoms with van der Waals surface area (Å²) in [5, 5.41) is 14.0. The highest BCUT2D eigenvalue weighted by Crippen LogP contribution is 2.33. The van der Waals surface area contributed by atoms with Crippen LogP contribution in [0, 0.1) is 10.8 Å². The minimum Gasteiger partial charge on any atom is -0.481 e. The van der Waals surface area contributed by atoms with Gasteiger partial charge in [0.15, 0.2) is 0 Å². The Balaban J connectivity index is 4.33. The molecule has 0 spiro atoms. The van der Waals surface area contributed by atoms with Crippen molar-refractivity contribution < 1.29 is 24.3 Å². The van der Waals surface area contributed by atoms with Crippen molar-refractivity contribution in [2.24, 2.45) is 16.6 Å². The summed E-state index contributed by atoms with van der Waals surface area (Å²) in [6.07, 6.45) is 0.173. The third-order valence-electron chi connectivity index (χ3n) is 3.17. The first kappa shape index (κ1) is 19.9. The molecule has 0 aromatic heterocycles. The molecule has 5 N–H and O–H groups in total. The molecule has 0 unspecified atom stereocenters. The van der Waals surface area contributed by atoms with Crippen molar-refractivity contribution in [1.82, 2.24) is 10.6 Å². The van der Waals surface area contributed by atoms with Crippen molar-refractivity contribution in [1.29, 1.82) is 0 Å². The molecule has 0 fully saturated rings. The summed E-state index contributed by atoms with van der Waals surface area (Å²) in [6, 6.07) is 0. The zero-order valence-corrected chi connectivity index (χ0v) is 13.5. The summed E-state index contributed by atoms with van der Waals surface area (Å²) in [6.45, 7) is 6.27. The second-order valence-electron chi connectivity index (χ2n) is 6.50. The van der Waals surface area contributed by atoms with Gasteiger partial charge >= 0.3 is 5.97 Å². The van der Waals surface area contributed by atoms with Crippen LogP contribution in [-0.2, 0) is 19.2 Å². The number of carbonyl (C=O) groups excluding carboxylic acids is 3. The van der Waals surface area contributed by atoms with E-state index in [0.717, 1.165) is 0 Å². The van der Waals surface area contributed by atoms with Gasteiger partial charge in [-0.25, -0.2) is 0 Å². The predicted octanol–water partition coefficient (Wildman–Crippen LogP) is -0.379. The first-order chi connectivity index (χ1) is 9.88. The average Bonchev–Trinajstić information content (AvgIpc) is 2.34. The van der Waals surface area contributed by atoms with Crippen molar-refractivity contribution in [3.05, 3.63) is 0 Å². The topological polar surface area (TPSA) is 139 Å². The number of primary amides is 1. The lowest BCUT2D eigenvalue weighted by atomic mass is 9.74. The molecule has 0 aromatic carbocycles. The van der Waals surface area contributed by atoms with Crippen LogP contribution in [0.4, 0.5) is 0 Å². The number of carboxylic acid groups (broad SMARTS) is 1. The second kappa shape index (κ2) is 7.77. The molecule has 0 bridgehead atoms. The van der Waals surface area contributed by atoms with Crippen molar-refractivity contribution in [2.75, 3.05) is 13.1 Å². The van der Waals surface area contributed by atoms with E-state index < -0.39 is 28.6 Å². The summed E-state index contributed by atoms with van der Waals surface area (Å²) in [5.41, 5.74) is 2.98. The Labute approximate surface area is 129 Å². The van der Waals surface area contributed by atoms with Gasteiger partial charge in [-0.15, -0.1) is 0 Å². The molecule has 0 aromatic rings. The summed E-state index contributed by atoms with van der Waals surface area (Å²) in [5.74, 6) is -2.35. The Morgan fingerprint density at radius 2 is 1.55 bits per heavy atom. The molecular weight excluding hydrogens is 290 g/mol. The van der Waals surface area contributed by atoms with Crippen LogP contribution in [-0.4, -0.2) is 41.9 Å². The molecule has 0 atom stereocenters. The largest absolute Gasteiger partial charge is 0.481 e. The van der Waals surface area contributed by atoms with Gasteiger partial charge in [-0.05, 0) is 20.3 Å². The van der Waals surface area contributed by atoms with Gasteiger partial charge in [-0.2, -0.15) is 0 Å². The summed E-state index contributed by atoms with van der Waals surface area (Å²) in [4.78, 5) is 45.1. The molecule has 8 heteroatoms. The zero-order chi connectivity index (χ0) is 17.6. The number of hydrogen-bond donors (Lipinski definition) is 4. The fourth-order valence-corrected chi connectivity index (χ4v) is 2.06. The van der Waals surface area contributed by atoms with E-state index in [0.29, 0.717) is 0 Å². The van der Waals surface area contributed by atoms with Crippen molar-refractivity contribution in [3.63, 3.8) is 0 Å². The Morgan fingerprint density at radius 1 is 1.00 bits per heavy atom. The van der Waals surface area contributed by atoms with E-state index in [1.165, 1.54) is 0 Å². The zero-order valence-electron chi connectivity index (χ0n) is 13.5. The monoisotopic (exact) mass is 315 g/mol. The highest BCUT2D eigenvalue weighted by Gasteiger charge is 2.38. The first-order valence-electron chi connectivity index (χ1n) is 6.95. The Kier molecular flexibility index (Phi) is 7.02. The van der Waals surface area contributed by atoms with Crippen LogP contribution in [0.25, 0.3) is 0 Å². The average molecular weight is 315 g/mol. The smallest absolute Gasteiger partial charge is 0.309 e. The van der Waals surface area contributed by atoms with Crippen molar-refractivity contribution in [2.45, 2.75) is 40.5 Å². The lowest BCUT2D eigenvalue weighted by Crippen LogP contribution is -2.43. The molecule has 22 heavy (non-hydrogen) atoms. The van der Waals surface area contributed by atoms with Crippen molar-refractivity contribution >= 4 is 23.7 Å². The van der Waals surface area contributed by atoms with E-state index in [-0.39, 0.29) is 31.8 Å². The Morgan fingerprint density at radius 3 is 2.00 bits per heavy atom. The molecule has 0 saturated carbocycles. The number of carbonyl (C=O) groups is 4. The third kappa shape index (κ3) is 7.05. The normalized spacial score (nSPS) is 11.6. The molecule has 126 valence electrons. The van der Waals surface area contributed by atoms with Crippen LogP contribution in [0.15, 0.2) is 0 Å². The summed E-state index contributed by atoms with van der Waals surface area (Å²) in [7, 11) is 0. The minimum absolute atomic E-state index is 0.0113. The number of carboxylic acids is 1. The van der Waals surface area contributed by atoms with E-state index >= 15 is 0 Å². The number of amides is 3. The van der Waals surface area contributed by atoms with Gasteiger partial charge in [0.25, 0.3) is 0 Å². The van der Waals surface area contributed by atoms with Gasteiger partial charge in [-0.1, -0.05) is 13.8 Å². The molecule has 0 rings (SSSR count). The lowest BCUT2D eigenvalue weighted by Gasteiger charge is -2.31. The fourth-order valence-electron chi connectivity index (χ4n) is 2.06. The van der Waals surface area contributed by atoms with Gasteiger partial charge in [0.05, 0.1) is 12.0 Å². The highest BCUT2D eigenvalue weighted by molar-refractivity contribution is 5.85. The van der Waals surface area contributed by atoms with Gasteiger partial charge in [0.2, 0.25) is 17.7 Å². The van der Waals surface area contributed by atoms with Crippen molar-refractivity contribution in [3.8, 4) is 0 Å². The molecule has 0 aliphatic heterocycles. The second-order valence-corrected chi connectivity index (χ2v) is 6.50. The van der Waals surface area contributed by atoms with Crippen LogP contribution >= 0.6 is 0 Å². The molecular formula is C14H25N3O5. The van der Waals surface area contributed by atoms with E-state index in [9.17, 15) is 19.2 Å². The Bertz CT molecular complexity index is 457. The third-order valence-corrected chi connectivity index (χ3v) is 3.17. The minimum atomic E-state index is -1.03. The molecule has 0 saturated heterocycles. The molecule has 8 nitrogen and oxygen atoms in total. The van der Waals surface area contributed by atoms with Gasteiger partial charge in [-0.3, -0.25) is 19.2 Å². The van der Waals surface area contributed by atoms with Crippen LogP contribution in [0.3, 0.4) is 0 Å². The maximum atomic E-state index is 12.1. The summed E-state index contributed by atoms with van der Waals surface area (Å²) < 4.78 is 0. The maximum Gasteiger partial charge on any atom is 0.309 e. The lowest BCUT2D eigenvalue weighted by molar-refractivity contribution is -0.149. The molecule has 0 radical (unpaired) electrons. The van der Waals surface area contributed by atoms with Crippen LogP contribution in [0.1, 0.15) is 40.5 Å². The quantitative estimate of drug-likeness (QED) is 0.459. The first-order valence-corrected chi connectivity index (χ1v) is 6.95. The van der Waals surface area contributed by atoms with Gasteiger partial charge in [0.1, 0.15) is 0 Å². The predicted molar refractivity (Wildman–Crippen MR) is 79.6 cm³/mol. The number of hydrogen-bond acceptors (Lipinski definition) is 4. The number of nitrogens with one attached hydrogen (secondary N) is 2. The van der Waals surface area contributed by atoms with E-state index in [1.54, 1.807) is 27.7 Å². The van der Waals surface area contributed by atoms with Gasteiger partial charge < -0.3 is 21.5 Å². The molecule has 0 heterocycles. The van der Waals surface area contributed by atoms with E-state index in [1.807, 2.05) is 0 Å². The molecule has 0 aliphatic carbocycles. The number of aliphatic carboxylic acids is 1. The highest BCUT2D eigenvalue weighted by atomic mass is 16.4. The SMILES string of the molecule is CC(C)(CC(C)(C)C(=O)NCCC(=O)NCC(N)=O)C(=O)O. The van der Waals surface area contributed by atoms with Gasteiger partial charge in [0, 0.05) is 18.4 Å². The standard InChI is InChI=1S/C14H25N3O5/c1-13(2,8-14(3,4)12(21)22)11(20)16-6-5-10(19)17-7-9(15)18/h5-8H2,1-4H3,(H2,15,18)(H,16,20)(H,17,19)(H,21,22). The van der Waals surface area contributed by atoms with Crippen LogP contribution < -0.4 is 16.4 Å². The van der Waals surface area contributed by atoms with Crippen LogP contribution in [0.2, 0.25) is 0 Å².